The minimum absolute atomic E-state index is 0.0882. The van der Waals surface area contributed by atoms with Crippen LogP contribution in [0.3, 0.4) is 0 Å². The fourth-order valence-electron chi connectivity index (χ4n) is 2.09. The molecule has 6 heteroatoms. The first kappa shape index (κ1) is 12.8. The summed E-state index contributed by atoms with van der Waals surface area (Å²) in [5.41, 5.74) is 3.48. The van der Waals surface area contributed by atoms with Crippen LogP contribution >= 0.6 is 0 Å². The lowest BCUT2D eigenvalue weighted by Gasteiger charge is -2.10. The summed E-state index contributed by atoms with van der Waals surface area (Å²) in [6.07, 6.45) is 0. The van der Waals surface area contributed by atoms with Crippen LogP contribution in [0.1, 0.15) is 48.2 Å². The highest BCUT2D eigenvalue weighted by molar-refractivity contribution is 5.23. The van der Waals surface area contributed by atoms with Crippen LogP contribution in [0.15, 0.2) is 4.52 Å². The maximum Gasteiger partial charge on any atom is 0.138 e. The van der Waals surface area contributed by atoms with Gasteiger partial charge in [0.05, 0.1) is 24.5 Å². The van der Waals surface area contributed by atoms with Crippen molar-refractivity contribution < 1.29 is 9.63 Å². The van der Waals surface area contributed by atoms with Crippen LogP contribution in [0.25, 0.3) is 0 Å². The maximum atomic E-state index is 9.27. The van der Waals surface area contributed by atoms with Gasteiger partial charge in [0.2, 0.25) is 0 Å². The lowest BCUT2D eigenvalue weighted by atomic mass is 10.1. The molecule has 0 saturated carbocycles. The third-order valence-electron chi connectivity index (χ3n) is 3.03. The molecule has 0 radical (unpaired) electrons. The second-order valence-electron chi connectivity index (χ2n) is 4.69. The van der Waals surface area contributed by atoms with Crippen molar-refractivity contribution in [2.24, 2.45) is 0 Å². The summed E-state index contributed by atoms with van der Waals surface area (Å²) in [7, 11) is 0. The van der Waals surface area contributed by atoms with E-state index in [1.807, 2.05) is 18.5 Å². The quantitative estimate of drug-likeness (QED) is 0.890. The average molecular weight is 250 g/mol. The second-order valence-corrected chi connectivity index (χ2v) is 4.69. The minimum atomic E-state index is -0.0882. The molecular weight excluding hydrogens is 232 g/mol. The summed E-state index contributed by atoms with van der Waals surface area (Å²) in [5, 5.41) is 21.3. The van der Waals surface area contributed by atoms with E-state index in [9.17, 15) is 5.11 Å². The van der Waals surface area contributed by atoms with E-state index in [0.717, 1.165) is 22.7 Å². The molecule has 0 aliphatic heterocycles. The SMILES string of the molecule is Cc1noc(C)c1Cn1nnc(CO)c1C(C)C. The van der Waals surface area contributed by atoms with E-state index < -0.39 is 0 Å². The maximum absolute atomic E-state index is 9.27. The molecule has 1 N–H and O–H groups in total. The molecule has 0 aliphatic rings. The van der Waals surface area contributed by atoms with Gasteiger partial charge >= 0.3 is 0 Å². The lowest BCUT2D eigenvalue weighted by molar-refractivity contribution is 0.275. The topological polar surface area (TPSA) is 77.0 Å². The molecule has 0 saturated heterocycles. The number of hydrogen-bond donors (Lipinski definition) is 1. The van der Waals surface area contributed by atoms with Gasteiger partial charge in [0.15, 0.2) is 0 Å². The first-order chi connectivity index (χ1) is 8.54. The van der Waals surface area contributed by atoms with Crippen molar-refractivity contribution in [1.82, 2.24) is 20.2 Å². The molecule has 6 nitrogen and oxygen atoms in total. The first-order valence-corrected chi connectivity index (χ1v) is 5.99. The number of aliphatic hydroxyl groups excluding tert-OH is 1. The van der Waals surface area contributed by atoms with E-state index in [1.54, 1.807) is 0 Å². The molecule has 0 bridgehead atoms. The molecule has 0 aliphatic carbocycles. The van der Waals surface area contributed by atoms with Crippen molar-refractivity contribution in [2.45, 2.75) is 46.8 Å². The predicted octanol–water partition coefficient (Wildman–Crippen LogP) is 1.55. The third-order valence-corrected chi connectivity index (χ3v) is 3.03. The molecule has 2 aromatic rings. The molecule has 0 spiro atoms. The standard InChI is InChI=1S/C12H18N4O2/c1-7(2)12-11(6-17)13-15-16(12)5-10-8(3)14-18-9(10)4/h7,17H,5-6H2,1-4H3. The zero-order chi connectivity index (χ0) is 13.3. The van der Waals surface area contributed by atoms with Crippen molar-refractivity contribution in [3.63, 3.8) is 0 Å². The molecule has 18 heavy (non-hydrogen) atoms. The summed E-state index contributed by atoms with van der Waals surface area (Å²) in [5.74, 6) is 1.05. The summed E-state index contributed by atoms with van der Waals surface area (Å²) in [4.78, 5) is 0. The third kappa shape index (κ3) is 2.15. The predicted molar refractivity (Wildman–Crippen MR) is 65.1 cm³/mol. The van der Waals surface area contributed by atoms with Crippen LogP contribution in [0, 0.1) is 13.8 Å². The van der Waals surface area contributed by atoms with Gasteiger partial charge in [-0.15, -0.1) is 5.10 Å². The minimum Gasteiger partial charge on any atom is -0.390 e. The molecule has 2 rings (SSSR count). The fourth-order valence-corrected chi connectivity index (χ4v) is 2.09. The zero-order valence-corrected chi connectivity index (χ0v) is 11.1. The average Bonchev–Trinajstić information content (AvgIpc) is 2.87. The van der Waals surface area contributed by atoms with Crippen LogP contribution in [-0.4, -0.2) is 25.3 Å². The Morgan fingerprint density at radius 1 is 1.33 bits per heavy atom. The Bertz CT molecular complexity index is 523. The van der Waals surface area contributed by atoms with Gasteiger partial charge in [-0.1, -0.05) is 24.2 Å². The second kappa shape index (κ2) is 4.89. The van der Waals surface area contributed by atoms with Gasteiger partial charge in [-0.25, -0.2) is 4.68 Å². The van der Waals surface area contributed by atoms with E-state index in [2.05, 4.69) is 29.3 Å². The monoisotopic (exact) mass is 250 g/mol. The molecule has 0 unspecified atom stereocenters. The largest absolute Gasteiger partial charge is 0.390 e. The summed E-state index contributed by atoms with van der Waals surface area (Å²) in [6, 6.07) is 0. The van der Waals surface area contributed by atoms with Crippen LogP contribution in [0.4, 0.5) is 0 Å². The van der Waals surface area contributed by atoms with Crippen LogP contribution < -0.4 is 0 Å². The molecule has 2 heterocycles. The Morgan fingerprint density at radius 2 is 2.06 bits per heavy atom. The van der Waals surface area contributed by atoms with Gasteiger partial charge in [-0.05, 0) is 19.8 Å². The molecule has 0 amide bonds. The van der Waals surface area contributed by atoms with E-state index in [0.29, 0.717) is 12.2 Å². The molecule has 0 atom stereocenters. The van der Waals surface area contributed by atoms with Gasteiger partial charge in [0, 0.05) is 5.56 Å². The zero-order valence-electron chi connectivity index (χ0n) is 11.1. The van der Waals surface area contributed by atoms with Crippen LogP contribution in [0.5, 0.6) is 0 Å². The van der Waals surface area contributed by atoms with Gasteiger partial charge in [-0.2, -0.15) is 0 Å². The van der Waals surface area contributed by atoms with Crippen molar-refractivity contribution in [1.29, 1.82) is 0 Å². The Kier molecular flexibility index (Phi) is 3.47. The fraction of sp³-hybridized carbons (Fsp3) is 0.583. The number of aliphatic hydroxyl groups is 1. The van der Waals surface area contributed by atoms with Gasteiger partial charge in [0.25, 0.3) is 0 Å². The van der Waals surface area contributed by atoms with Gasteiger partial charge in [-0.3, -0.25) is 0 Å². The highest BCUT2D eigenvalue weighted by atomic mass is 16.5. The Morgan fingerprint density at radius 3 is 2.56 bits per heavy atom. The number of hydrogen-bond acceptors (Lipinski definition) is 5. The van der Waals surface area contributed by atoms with Crippen molar-refractivity contribution in [2.75, 3.05) is 0 Å². The highest BCUT2D eigenvalue weighted by Crippen LogP contribution is 2.20. The molecule has 0 aromatic carbocycles. The molecule has 2 aromatic heterocycles. The smallest absolute Gasteiger partial charge is 0.138 e. The summed E-state index contributed by atoms with van der Waals surface area (Å²) in [6.45, 7) is 8.39. The lowest BCUT2D eigenvalue weighted by Crippen LogP contribution is -2.10. The molecule has 0 fully saturated rings. The van der Waals surface area contributed by atoms with Crippen LogP contribution in [0.2, 0.25) is 0 Å². The van der Waals surface area contributed by atoms with Crippen molar-refractivity contribution in [3.8, 4) is 0 Å². The number of aryl methyl sites for hydroxylation is 2. The highest BCUT2D eigenvalue weighted by Gasteiger charge is 2.18. The normalized spacial score (nSPS) is 11.4. The summed E-state index contributed by atoms with van der Waals surface area (Å²) >= 11 is 0. The Hall–Kier alpha value is -1.69. The molecular formula is C12H18N4O2. The number of rotatable bonds is 4. The first-order valence-electron chi connectivity index (χ1n) is 5.99. The number of nitrogens with zero attached hydrogens (tertiary/aromatic N) is 4. The van der Waals surface area contributed by atoms with Crippen molar-refractivity contribution in [3.05, 3.63) is 28.4 Å². The number of aromatic nitrogens is 4. The van der Waals surface area contributed by atoms with E-state index in [4.69, 9.17) is 4.52 Å². The van der Waals surface area contributed by atoms with E-state index in [1.165, 1.54) is 0 Å². The van der Waals surface area contributed by atoms with E-state index >= 15 is 0 Å². The summed E-state index contributed by atoms with van der Waals surface area (Å²) < 4.78 is 6.95. The Labute approximate surface area is 106 Å². The molecule has 98 valence electrons. The Balaban J connectivity index is 2.38. The van der Waals surface area contributed by atoms with Crippen molar-refractivity contribution >= 4 is 0 Å². The van der Waals surface area contributed by atoms with Gasteiger partial charge < -0.3 is 9.63 Å². The van der Waals surface area contributed by atoms with Crippen LogP contribution in [-0.2, 0) is 13.2 Å². The van der Waals surface area contributed by atoms with Gasteiger partial charge in [0.1, 0.15) is 11.5 Å². The van der Waals surface area contributed by atoms with E-state index in [-0.39, 0.29) is 12.5 Å².